The maximum absolute atomic E-state index is 12.7. The molecule has 32 heavy (non-hydrogen) atoms. The summed E-state index contributed by atoms with van der Waals surface area (Å²) in [6.07, 6.45) is 3.43. The molecule has 0 aliphatic heterocycles. The van der Waals surface area contributed by atoms with Gasteiger partial charge < -0.3 is 9.73 Å². The fraction of sp³-hybridized carbons (Fsp3) is 0.143. The minimum Gasteiger partial charge on any atom is -0.431 e. The lowest BCUT2D eigenvalue weighted by atomic mass is 10.3. The molecule has 9 nitrogen and oxygen atoms in total. The number of oxazole rings is 1. The smallest absolute Gasteiger partial charge is 0.264 e. The highest BCUT2D eigenvalue weighted by molar-refractivity contribution is 8.00. The number of fused-ring (bicyclic) bond motifs is 1. The van der Waals surface area contributed by atoms with Crippen molar-refractivity contribution in [2.75, 3.05) is 10.0 Å². The number of nitrogens with one attached hydrogen (secondary N) is 2. The van der Waals surface area contributed by atoms with E-state index in [9.17, 15) is 13.2 Å². The first-order valence-corrected chi connectivity index (χ1v) is 12.0. The van der Waals surface area contributed by atoms with Gasteiger partial charge in [0.05, 0.1) is 10.1 Å². The van der Waals surface area contributed by atoms with E-state index in [-0.39, 0.29) is 16.8 Å². The van der Waals surface area contributed by atoms with Gasteiger partial charge in [0.2, 0.25) is 11.9 Å². The summed E-state index contributed by atoms with van der Waals surface area (Å²) in [5.41, 5.74) is 1.87. The summed E-state index contributed by atoms with van der Waals surface area (Å²) in [4.78, 5) is 24.9. The highest BCUT2D eigenvalue weighted by Gasteiger charge is 2.22. The van der Waals surface area contributed by atoms with E-state index in [1.807, 2.05) is 31.2 Å². The van der Waals surface area contributed by atoms with Crippen LogP contribution in [0.3, 0.4) is 0 Å². The molecular formula is C21H19N5O4S2. The van der Waals surface area contributed by atoms with Gasteiger partial charge in [0.15, 0.2) is 5.58 Å². The van der Waals surface area contributed by atoms with Gasteiger partial charge in [-0.15, -0.1) is 0 Å². The van der Waals surface area contributed by atoms with Crippen LogP contribution in [0.2, 0.25) is 0 Å². The normalized spacial score (nSPS) is 12.4. The topological polar surface area (TPSA) is 127 Å². The van der Waals surface area contributed by atoms with Crippen LogP contribution >= 0.6 is 11.8 Å². The van der Waals surface area contributed by atoms with Crippen molar-refractivity contribution in [2.45, 2.75) is 28.7 Å². The van der Waals surface area contributed by atoms with Crippen LogP contribution in [0.4, 0.5) is 11.6 Å². The van der Waals surface area contributed by atoms with Gasteiger partial charge in [0.25, 0.3) is 15.2 Å². The Balaban J connectivity index is 1.42. The summed E-state index contributed by atoms with van der Waals surface area (Å²) >= 11 is 1.24. The van der Waals surface area contributed by atoms with E-state index in [4.69, 9.17) is 4.42 Å². The number of hydrogen-bond donors (Lipinski definition) is 2. The van der Waals surface area contributed by atoms with Gasteiger partial charge in [-0.1, -0.05) is 30.8 Å². The number of hydrogen-bond acceptors (Lipinski definition) is 8. The Labute approximate surface area is 188 Å². The number of carbonyl (C=O) groups is 1. The number of amides is 1. The first-order valence-electron chi connectivity index (χ1n) is 9.67. The van der Waals surface area contributed by atoms with Crippen molar-refractivity contribution in [1.29, 1.82) is 0 Å². The van der Waals surface area contributed by atoms with Crippen molar-refractivity contribution >= 4 is 50.4 Å². The van der Waals surface area contributed by atoms with Crippen LogP contribution in [0.1, 0.15) is 13.3 Å². The summed E-state index contributed by atoms with van der Waals surface area (Å²) < 4.78 is 32.9. The summed E-state index contributed by atoms with van der Waals surface area (Å²) in [7, 11) is -3.85. The zero-order chi connectivity index (χ0) is 22.6. The largest absolute Gasteiger partial charge is 0.431 e. The minimum absolute atomic E-state index is 0.0214. The monoisotopic (exact) mass is 469 g/mol. The molecule has 0 spiro atoms. The summed E-state index contributed by atoms with van der Waals surface area (Å²) in [5, 5.41) is 2.80. The van der Waals surface area contributed by atoms with Crippen LogP contribution in [0.25, 0.3) is 11.1 Å². The Hall–Kier alpha value is -3.44. The molecule has 0 aliphatic carbocycles. The molecule has 0 radical (unpaired) electrons. The third kappa shape index (κ3) is 5.06. The van der Waals surface area contributed by atoms with Gasteiger partial charge in [-0.3, -0.25) is 4.79 Å². The van der Waals surface area contributed by atoms with Crippen LogP contribution < -0.4 is 10.0 Å². The molecule has 1 unspecified atom stereocenters. The van der Waals surface area contributed by atoms with Crippen LogP contribution in [0.5, 0.6) is 0 Å². The Morgan fingerprint density at radius 2 is 1.78 bits per heavy atom. The Morgan fingerprint density at radius 3 is 2.47 bits per heavy atom. The van der Waals surface area contributed by atoms with Crippen LogP contribution in [-0.4, -0.2) is 34.5 Å². The molecule has 2 aromatic heterocycles. The van der Waals surface area contributed by atoms with Gasteiger partial charge in [-0.2, -0.15) is 0 Å². The van der Waals surface area contributed by atoms with E-state index in [0.717, 1.165) is 5.52 Å². The zero-order valence-electron chi connectivity index (χ0n) is 16.9. The quantitative estimate of drug-likeness (QED) is 0.372. The maximum atomic E-state index is 12.7. The fourth-order valence-corrected chi connectivity index (χ4v) is 4.64. The number of anilines is 2. The molecule has 11 heteroatoms. The number of nitrogens with zero attached hydrogens (tertiary/aromatic N) is 3. The molecule has 1 amide bonds. The van der Waals surface area contributed by atoms with E-state index in [2.05, 4.69) is 25.0 Å². The summed E-state index contributed by atoms with van der Waals surface area (Å²) in [6.45, 7) is 1.90. The van der Waals surface area contributed by atoms with Crippen molar-refractivity contribution in [3.05, 3.63) is 67.0 Å². The molecule has 0 aliphatic rings. The van der Waals surface area contributed by atoms with Crippen LogP contribution in [0, 0.1) is 0 Å². The van der Waals surface area contributed by atoms with E-state index in [1.54, 1.807) is 6.07 Å². The number of rotatable bonds is 8. The van der Waals surface area contributed by atoms with Gasteiger partial charge in [0, 0.05) is 18.1 Å². The number of benzene rings is 2. The van der Waals surface area contributed by atoms with Crippen LogP contribution in [0.15, 0.2) is 81.5 Å². The van der Waals surface area contributed by atoms with E-state index >= 15 is 0 Å². The second-order valence-corrected chi connectivity index (χ2v) is 9.49. The van der Waals surface area contributed by atoms with Crippen molar-refractivity contribution in [1.82, 2.24) is 15.0 Å². The maximum Gasteiger partial charge on any atom is 0.264 e. The second kappa shape index (κ2) is 9.37. The molecular weight excluding hydrogens is 450 g/mol. The average molecular weight is 470 g/mol. The molecule has 2 N–H and O–H groups in total. The average Bonchev–Trinajstić information content (AvgIpc) is 3.21. The number of thioether (sulfide) groups is 1. The zero-order valence-corrected chi connectivity index (χ0v) is 18.6. The van der Waals surface area contributed by atoms with E-state index in [1.165, 1.54) is 48.4 Å². The van der Waals surface area contributed by atoms with Gasteiger partial charge in [-0.25, -0.2) is 28.1 Å². The standard InChI is InChI=1S/C21H19N5O4S2/c1-2-18(31-21-25-16-6-3-4-7-17(16)30-21)19(27)24-14-8-10-15(11-9-14)32(28,29)26-20-22-12-5-13-23-20/h3-13,18H,2H2,1H3,(H,24,27)(H,22,23,26). The third-order valence-corrected chi connectivity index (χ3v) is 6.96. The van der Waals surface area contributed by atoms with Crippen molar-refractivity contribution in [3.63, 3.8) is 0 Å². The number of carbonyl (C=O) groups excluding carboxylic acids is 1. The fourth-order valence-electron chi connectivity index (χ4n) is 2.82. The highest BCUT2D eigenvalue weighted by Crippen LogP contribution is 2.29. The lowest BCUT2D eigenvalue weighted by Gasteiger charge is -2.13. The van der Waals surface area contributed by atoms with Crippen molar-refractivity contribution in [2.24, 2.45) is 0 Å². The van der Waals surface area contributed by atoms with Gasteiger partial charge >= 0.3 is 0 Å². The predicted octanol–water partition coefficient (Wildman–Crippen LogP) is 3.93. The molecule has 1 atom stereocenters. The minimum atomic E-state index is -3.85. The highest BCUT2D eigenvalue weighted by atomic mass is 32.2. The lowest BCUT2D eigenvalue weighted by Crippen LogP contribution is -2.24. The number of aromatic nitrogens is 3. The SMILES string of the molecule is CCC(Sc1nc2ccccc2o1)C(=O)Nc1ccc(S(=O)(=O)Nc2ncccn2)cc1. The first-order chi connectivity index (χ1) is 15.4. The predicted molar refractivity (Wildman–Crippen MR) is 122 cm³/mol. The molecule has 2 heterocycles. The number of sulfonamides is 1. The van der Waals surface area contributed by atoms with E-state index < -0.39 is 15.3 Å². The first kappa shape index (κ1) is 21.8. The molecule has 0 saturated heterocycles. The lowest BCUT2D eigenvalue weighted by molar-refractivity contribution is -0.115. The van der Waals surface area contributed by atoms with Gasteiger partial charge in [0.1, 0.15) is 5.52 Å². The van der Waals surface area contributed by atoms with Crippen molar-refractivity contribution < 1.29 is 17.6 Å². The molecule has 4 aromatic rings. The summed E-state index contributed by atoms with van der Waals surface area (Å²) in [6, 6.07) is 14.8. The molecule has 0 bridgehead atoms. The summed E-state index contributed by atoms with van der Waals surface area (Å²) in [5.74, 6) is -0.252. The molecule has 2 aromatic carbocycles. The second-order valence-electron chi connectivity index (χ2n) is 6.65. The molecule has 164 valence electrons. The Bertz CT molecular complexity index is 1290. The third-order valence-electron chi connectivity index (χ3n) is 4.40. The number of para-hydroxylation sites is 2. The van der Waals surface area contributed by atoms with Gasteiger partial charge in [-0.05, 0) is 48.9 Å². The molecule has 0 fully saturated rings. The van der Waals surface area contributed by atoms with Crippen molar-refractivity contribution in [3.8, 4) is 0 Å². The molecule has 0 saturated carbocycles. The Kier molecular flexibility index (Phi) is 6.37. The molecule has 4 rings (SSSR count). The van der Waals surface area contributed by atoms with Crippen LogP contribution in [-0.2, 0) is 14.8 Å². The van der Waals surface area contributed by atoms with E-state index in [0.29, 0.717) is 22.9 Å². The Morgan fingerprint density at radius 1 is 1.06 bits per heavy atom.